The monoisotopic (exact) mass is 471 g/mol. The van der Waals surface area contributed by atoms with Crippen LogP contribution in [0.4, 0.5) is 24.5 Å². The smallest absolute Gasteiger partial charge is 0.417 e. The molecule has 0 spiro atoms. The minimum atomic E-state index is -4.64. The Bertz CT molecular complexity index is 1030. The molecule has 0 aromatic heterocycles. The number of nitrogens with zero attached hydrogens (tertiary/aromatic N) is 2. The highest BCUT2D eigenvalue weighted by molar-refractivity contribution is 8.15. The molecular weight excluding hydrogens is 455 g/mol. The number of hydrogen-bond donors (Lipinski definition) is 1. The molecule has 1 aliphatic heterocycles. The van der Waals surface area contributed by atoms with E-state index in [0.717, 1.165) is 23.9 Å². The quantitative estimate of drug-likeness (QED) is 0.684. The Morgan fingerprint density at radius 1 is 1.26 bits per heavy atom. The van der Waals surface area contributed by atoms with Crippen molar-refractivity contribution in [3.8, 4) is 5.75 Å². The lowest BCUT2D eigenvalue weighted by Gasteiger charge is -2.28. The summed E-state index contributed by atoms with van der Waals surface area (Å²) in [6.45, 7) is 0. The number of hydrogen-bond acceptors (Lipinski definition) is 5. The molecule has 31 heavy (non-hydrogen) atoms. The number of rotatable bonds is 4. The van der Waals surface area contributed by atoms with Gasteiger partial charge in [-0.2, -0.15) is 13.2 Å². The maximum atomic E-state index is 13.1. The number of alkyl halides is 3. The lowest BCUT2D eigenvalue weighted by atomic mass is 10.2. The van der Waals surface area contributed by atoms with Crippen LogP contribution in [-0.2, 0) is 15.8 Å². The van der Waals surface area contributed by atoms with Gasteiger partial charge in [-0.15, -0.1) is 0 Å². The zero-order chi connectivity index (χ0) is 22.8. The molecule has 1 atom stereocenters. The third kappa shape index (κ3) is 5.50. The predicted molar refractivity (Wildman–Crippen MR) is 114 cm³/mol. The molecule has 0 radical (unpaired) electrons. The minimum absolute atomic E-state index is 0.0323. The molecule has 1 N–H and O–H groups in total. The van der Waals surface area contributed by atoms with E-state index in [1.165, 1.54) is 25.1 Å². The van der Waals surface area contributed by atoms with Crippen molar-refractivity contribution in [2.75, 3.05) is 19.5 Å². The van der Waals surface area contributed by atoms with Gasteiger partial charge in [-0.05, 0) is 42.5 Å². The van der Waals surface area contributed by atoms with Gasteiger partial charge in [-0.25, -0.2) is 4.99 Å². The summed E-state index contributed by atoms with van der Waals surface area (Å²) in [7, 11) is 2.97. The maximum Gasteiger partial charge on any atom is 0.417 e. The summed E-state index contributed by atoms with van der Waals surface area (Å²) in [6, 6.07) is 9.86. The summed E-state index contributed by atoms with van der Waals surface area (Å²) < 4.78 is 44.4. The molecule has 1 aliphatic rings. The molecule has 3 rings (SSSR count). The first kappa shape index (κ1) is 23.0. The van der Waals surface area contributed by atoms with Crippen LogP contribution in [0.5, 0.6) is 5.75 Å². The Hall–Kier alpha value is -2.72. The van der Waals surface area contributed by atoms with Crippen LogP contribution in [0, 0.1) is 0 Å². The average molecular weight is 472 g/mol. The van der Waals surface area contributed by atoms with Gasteiger partial charge in [-0.1, -0.05) is 23.4 Å². The Labute approximate surface area is 185 Å². The second-order valence-corrected chi connectivity index (χ2v) is 8.11. The number of methoxy groups -OCH3 is 1. The minimum Gasteiger partial charge on any atom is -0.497 e. The fourth-order valence-electron chi connectivity index (χ4n) is 2.71. The van der Waals surface area contributed by atoms with Gasteiger partial charge >= 0.3 is 6.18 Å². The van der Waals surface area contributed by atoms with E-state index in [0.29, 0.717) is 11.4 Å². The molecule has 11 heteroatoms. The normalized spacial score (nSPS) is 18.3. The van der Waals surface area contributed by atoms with Gasteiger partial charge in [0.15, 0.2) is 5.17 Å². The van der Waals surface area contributed by atoms with E-state index < -0.39 is 27.9 Å². The summed E-state index contributed by atoms with van der Waals surface area (Å²) in [6.07, 6.45) is -4.72. The van der Waals surface area contributed by atoms with Gasteiger partial charge < -0.3 is 10.1 Å². The first-order valence-corrected chi connectivity index (χ1v) is 10.2. The molecule has 2 aromatic carbocycles. The van der Waals surface area contributed by atoms with E-state index in [-0.39, 0.29) is 23.2 Å². The van der Waals surface area contributed by atoms with Crippen molar-refractivity contribution in [1.82, 2.24) is 4.90 Å². The molecule has 0 aliphatic carbocycles. The first-order chi connectivity index (χ1) is 14.6. The summed E-state index contributed by atoms with van der Waals surface area (Å²) in [4.78, 5) is 30.4. The van der Waals surface area contributed by atoms with Crippen LogP contribution in [-0.4, -0.2) is 41.3 Å². The van der Waals surface area contributed by atoms with Gasteiger partial charge in [0.2, 0.25) is 11.8 Å². The molecule has 1 fully saturated rings. The first-order valence-electron chi connectivity index (χ1n) is 8.92. The van der Waals surface area contributed by atoms with Crippen LogP contribution >= 0.6 is 23.4 Å². The molecule has 1 saturated heterocycles. The van der Waals surface area contributed by atoms with E-state index in [1.54, 1.807) is 24.3 Å². The van der Waals surface area contributed by atoms with E-state index in [9.17, 15) is 22.8 Å². The van der Waals surface area contributed by atoms with Crippen molar-refractivity contribution in [2.45, 2.75) is 17.8 Å². The number of aliphatic imine (C=N–C) groups is 1. The molecule has 0 bridgehead atoms. The molecular formula is C20H17ClF3N3O3S. The lowest BCUT2D eigenvalue weighted by molar-refractivity contribution is -0.137. The van der Waals surface area contributed by atoms with E-state index in [2.05, 4.69) is 10.3 Å². The number of halogens is 4. The van der Waals surface area contributed by atoms with Crippen molar-refractivity contribution in [3.05, 3.63) is 53.1 Å². The number of ether oxygens (including phenoxy) is 1. The number of amides is 2. The van der Waals surface area contributed by atoms with Crippen LogP contribution in [0.25, 0.3) is 0 Å². The zero-order valence-corrected chi connectivity index (χ0v) is 17.9. The molecule has 0 unspecified atom stereocenters. The summed E-state index contributed by atoms with van der Waals surface area (Å²) in [5.74, 6) is -0.175. The Balaban J connectivity index is 1.81. The average Bonchev–Trinajstić information content (AvgIpc) is 2.72. The Kier molecular flexibility index (Phi) is 6.80. The zero-order valence-electron chi connectivity index (χ0n) is 16.4. The van der Waals surface area contributed by atoms with Gasteiger partial charge in [0, 0.05) is 19.2 Å². The fourth-order valence-corrected chi connectivity index (χ4v) is 3.99. The summed E-state index contributed by atoms with van der Waals surface area (Å²) in [5.41, 5.74) is -0.543. The highest BCUT2D eigenvalue weighted by Crippen LogP contribution is 2.37. The predicted octanol–water partition coefficient (Wildman–Crippen LogP) is 4.96. The van der Waals surface area contributed by atoms with Crippen LogP contribution in [0.3, 0.4) is 0 Å². The largest absolute Gasteiger partial charge is 0.497 e. The van der Waals surface area contributed by atoms with Crippen LogP contribution in [0.1, 0.15) is 12.0 Å². The van der Waals surface area contributed by atoms with Crippen molar-refractivity contribution in [1.29, 1.82) is 0 Å². The van der Waals surface area contributed by atoms with Crippen LogP contribution in [0.15, 0.2) is 47.5 Å². The van der Waals surface area contributed by atoms with Gasteiger partial charge in [-0.3, -0.25) is 14.5 Å². The number of nitrogens with one attached hydrogen (secondary N) is 1. The van der Waals surface area contributed by atoms with E-state index in [4.69, 9.17) is 16.3 Å². The van der Waals surface area contributed by atoms with Crippen molar-refractivity contribution >= 4 is 51.7 Å². The van der Waals surface area contributed by atoms with E-state index >= 15 is 0 Å². The van der Waals surface area contributed by atoms with Crippen molar-refractivity contribution in [3.63, 3.8) is 0 Å². The Morgan fingerprint density at radius 2 is 1.94 bits per heavy atom. The van der Waals surface area contributed by atoms with Crippen molar-refractivity contribution in [2.24, 2.45) is 4.99 Å². The topological polar surface area (TPSA) is 71.0 Å². The number of anilines is 1. The third-order valence-electron chi connectivity index (χ3n) is 4.40. The highest BCUT2D eigenvalue weighted by Gasteiger charge is 2.35. The molecule has 2 amide bonds. The fraction of sp³-hybridized carbons (Fsp3) is 0.250. The number of carbonyl (C=O) groups is 2. The number of thioether (sulfide) groups is 1. The SMILES string of the molecule is COc1ccc(NC(=O)[C@H]2CC(=O)N(C)C(=Nc3ccc(Cl)c(C(F)(F)F)c3)S2)cc1. The van der Waals surface area contributed by atoms with Gasteiger partial charge in [0.1, 0.15) is 11.0 Å². The molecule has 2 aromatic rings. The maximum absolute atomic E-state index is 13.1. The standard InChI is InChI=1S/C20H17ClF3N3O3S/c1-27-17(28)10-16(18(29)25-11-3-6-13(30-2)7-4-11)31-19(27)26-12-5-8-15(21)14(9-12)20(22,23)24/h3-9,16H,10H2,1-2H3,(H,25,29)/t16-/m1/s1. The van der Waals surface area contributed by atoms with Crippen LogP contribution < -0.4 is 10.1 Å². The van der Waals surface area contributed by atoms with E-state index in [1.807, 2.05) is 0 Å². The molecule has 164 valence electrons. The summed E-state index contributed by atoms with van der Waals surface area (Å²) in [5, 5.41) is 1.58. The Morgan fingerprint density at radius 3 is 2.55 bits per heavy atom. The molecule has 0 saturated carbocycles. The molecule has 1 heterocycles. The van der Waals surface area contributed by atoms with Crippen molar-refractivity contribution < 1.29 is 27.5 Å². The molecule has 6 nitrogen and oxygen atoms in total. The highest BCUT2D eigenvalue weighted by atomic mass is 35.5. The van der Waals surface area contributed by atoms with Gasteiger partial charge in [0.25, 0.3) is 0 Å². The lowest BCUT2D eigenvalue weighted by Crippen LogP contribution is -2.43. The summed E-state index contributed by atoms with van der Waals surface area (Å²) >= 11 is 6.63. The number of amidine groups is 1. The third-order valence-corrected chi connectivity index (χ3v) is 5.97. The second-order valence-electron chi connectivity index (χ2n) is 6.54. The number of benzene rings is 2. The second kappa shape index (κ2) is 9.19. The van der Waals surface area contributed by atoms with Crippen LogP contribution in [0.2, 0.25) is 5.02 Å². The van der Waals surface area contributed by atoms with Gasteiger partial charge in [0.05, 0.1) is 23.4 Å². The number of carbonyl (C=O) groups excluding carboxylic acids is 2.